The molecule has 2 rings (SSSR count). The number of nitrogens with one attached hydrogen (secondary N) is 1. The van der Waals surface area contributed by atoms with Gasteiger partial charge in [-0.1, -0.05) is 17.7 Å². The van der Waals surface area contributed by atoms with Crippen molar-refractivity contribution in [1.29, 1.82) is 0 Å². The minimum atomic E-state index is -0.622. The topological polar surface area (TPSA) is 50.7 Å². The number of likely N-dealkylation sites (N-methyl/N-ethyl adjacent to an activating group) is 1. The van der Waals surface area contributed by atoms with Crippen molar-refractivity contribution in [1.82, 2.24) is 5.32 Å². The fourth-order valence-electron chi connectivity index (χ4n) is 1.55. The highest BCUT2D eigenvalue weighted by molar-refractivity contribution is 6.32. The molecule has 4 nitrogen and oxygen atoms in total. The van der Waals surface area contributed by atoms with Gasteiger partial charge in [0.05, 0.1) is 11.1 Å². The fraction of sp³-hybridized carbons (Fsp3) is 0.400. The number of fused-ring (bicyclic) bond motifs is 1. The first-order valence-electron chi connectivity index (χ1n) is 4.64. The molecule has 5 heteroatoms. The van der Waals surface area contributed by atoms with Gasteiger partial charge < -0.3 is 19.9 Å². The third-order valence-corrected chi connectivity index (χ3v) is 2.56. The molecule has 1 unspecified atom stereocenters. The average molecular weight is 230 g/mol. The fourth-order valence-corrected chi connectivity index (χ4v) is 1.75. The number of hydrogen-bond donors (Lipinski definition) is 2. The summed E-state index contributed by atoms with van der Waals surface area (Å²) in [6, 6.07) is 3.45. The zero-order valence-corrected chi connectivity index (χ0v) is 9.04. The number of halogens is 1. The van der Waals surface area contributed by atoms with Crippen molar-refractivity contribution in [3.8, 4) is 11.5 Å². The molecule has 0 aromatic heterocycles. The lowest BCUT2D eigenvalue weighted by atomic mass is 10.1. The second-order valence-corrected chi connectivity index (χ2v) is 3.68. The molecule has 0 saturated carbocycles. The second kappa shape index (κ2) is 4.26. The summed E-state index contributed by atoms with van der Waals surface area (Å²) in [6.07, 6.45) is -0.622. The molecular formula is C10H12ClNO3. The van der Waals surface area contributed by atoms with Crippen molar-refractivity contribution >= 4 is 11.6 Å². The van der Waals surface area contributed by atoms with E-state index in [-0.39, 0.29) is 6.79 Å². The van der Waals surface area contributed by atoms with E-state index in [4.69, 9.17) is 21.1 Å². The van der Waals surface area contributed by atoms with Gasteiger partial charge in [0.25, 0.3) is 0 Å². The highest BCUT2D eigenvalue weighted by Gasteiger charge is 2.24. The van der Waals surface area contributed by atoms with Crippen molar-refractivity contribution in [2.75, 3.05) is 20.4 Å². The van der Waals surface area contributed by atoms with Gasteiger partial charge in [0, 0.05) is 12.1 Å². The molecule has 0 fully saturated rings. The van der Waals surface area contributed by atoms with E-state index in [0.29, 0.717) is 28.6 Å². The maximum absolute atomic E-state index is 9.83. The molecule has 0 bridgehead atoms. The van der Waals surface area contributed by atoms with Crippen LogP contribution in [-0.2, 0) is 0 Å². The van der Waals surface area contributed by atoms with Crippen molar-refractivity contribution in [2.24, 2.45) is 0 Å². The molecule has 1 aromatic rings. The first-order valence-corrected chi connectivity index (χ1v) is 5.02. The van der Waals surface area contributed by atoms with Crippen LogP contribution >= 0.6 is 11.6 Å². The van der Waals surface area contributed by atoms with Crippen molar-refractivity contribution in [3.63, 3.8) is 0 Å². The Morgan fingerprint density at radius 1 is 1.47 bits per heavy atom. The Hall–Kier alpha value is -0.970. The highest BCUT2D eigenvalue weighted by atomic mass is 35.5. The van der Waals surface area contributed by atoms with E-state index in [2.05, 4.69) is 5.32 Å². The lowest BCUT2D eigenvalue weighted by molar-refractivity contribution is 0.157. The summed E-state index contributed by atoms with van der Waals surface area (Å²) in [5.74, 6) is 1.06. The SMILES string of the molecule is CNCC(O)c1ccc(Cl)c2c1OCO2. The smallest absolute Gasteiger partial charge is 0.231 e. The number of ether oxygens (including phenoxy) is 2. The normalized spacial score (nSPS) is 15.4. The Morgan fingerprint density at radius 3 is 2.93 bits per heavy atom. The van der Waals surface area contributed by atoms with Crippen LogP contribution in [0.3, 0.4) is 0 Å². The van der Waals surface area contributed by atoms with Gasteiger partial charge in [0.2, 0.25) is 6.79 Å². The molecule has 0 saturated heterocycles. The van der Waals surface area contributed by atoms with Gasteiger partial charge in [0.1, 0.15) is 0 Å². The minimum absolute atomic E-state index is 0.151. The highest BCUT2D eigenvalue weighted by Crippen LogP contribution is 2.43. The summed E-state index contributed by atoms with van der Waals surface area (Å²) in [4.78, 5) is 0. The van der Waals surface area contributed by atoms with Gasteiger partial charge >= 0.3 is 0 Å². The summed E-state index contributed by atoms with van der Waals surface area (Å²) in [5, 5.41) is 13.2. The van der Waals surface area contributed by atoms with Gasteiger partial charge in [-0.3, -0.25) is 0 Å². The first-order chi connectivity index (χ1) is 7.24. The summed E-state index contributed by atoms with van der Waals surface area (Å²) in [5.41, 5.74) is 0.696. The summed E-state index contributed by atoms with van der Waals surface area (Å²) in [6.45, 7) is 0.607. The summed E-state index contributed by atoms with van der Waals surface area (Å²) >= 11 is 5.92. The van der Waals surface area contributed by atoms with Gasteiger partial charge in [0.15, 0.2) is 11.5 Å². The second-order valence-electron chi connectivity index (χ2n) is 3.27. The molecule has 2 N–H and O–H groups in total. The van der Waals surface area contributed by atoms with Crippen LogP contribution in [0.15, 0.2) is 12.1 Å². The van der Waals surface area contributed by atoms with E-state index < -0.39 is 6.10 Å². The third-order valence-electron chi connectivity index (χ3n) is 2.26. The Kier molecular flexibility index (Phi) is 3.00. The van der Waals surface area contributed by atoms with Crippen LogP contribution in [0.5, 0.6) is 11.5 Å². The Bertz CT molecular complexity index is 370. The molecule has 1 atom stereocenters. The molecule has 1 aliphatic heterocycles. The van der Waals surface area contributed by atoms with Crippen LogP contribution in [0.1, 0.15) is 11.7 Å². The van der Waals surface area contributed by atoms with Crippen LogP contribution in [0.4, 0.5) is 0 Å². The largest absolute Gasteiger partial charge is 0.453 e. The van der Waals surface area contributed by atoms with Gasteiger partial charge in [-0.25, -0.2) is 0 Å². The van der Waals surface area contributed by atoms with E-state index in [9.17, 15) is 5.11 Å². The standard InChI is InChI=1S/C10H12ClNO3/c1-12-4-8(13)6-2-3-7(11)10-9(6)14-5-15-10/h2-3,8,12-13H,4-5H2,1H3. The Morgan fingerprint density at radius 2 is 2.20 bits per heavy atom. The molecule has 0 aliphatic carbocycles. The van der Waals surface area contributed by atoms with E-state index >= 15 is 0 Å². The number of benzene rings is 1. The summed E-state index contributed by atoms with van der Waals surface area (Å²) < 4.78 is 10.5. The van der Waals surface area contributed by atoms with E-state index in [1.54, 1.807) is 19.2 Å². The number of aliphatic hydroxyl groups is 1. The minimum Gasteiger partial charge on any atom is -0.453 e. The molecular weight excluding hydrogens is 218 g/mol. The lowest BCUT2D eigenvalue weighted by Crippen LogP contribution is -2.17. The summed E-state index contributed by atoms with van der Waals surface area (Å²) in [7, 11) is 1.77. The van der Waals surface area contributed by atoms with Gasteiger partial charge in [-0.2, -0.15) is 0 Å². The zero-order chi connectivity index (χ0) is 10.8. The predicted molar refractivity (Wildman–Crippen MR) is 56.5 cm³/mol. The monoisotopic (exact) mass is 229 g/mol. The van der Waals surface area contributed by atoms with Crippen LogP contribution in [-0.4, -0.2) is 25.5 Å². The zero-order valence-electron chi connectivity index (χ0n) is 8.29. The molecule has 1 aliphatic rings. The van der Waals surface area contributed by atoms with Crippen LogP contribution < -0.4 is 14.8 Å². The van der Waals surface area contributed by atoms with E-state index in [1.807, 2.05) is 0 Å². The third kappa shape index (κ3) is 1.88. The maximum Gasteiger partial charge on any atom is 0.231 e. The predicted octanol–water partition coefficient (Wildman–Crippen LogP) is 1.32. The number of aliphatic hydroxyl groups excluding tert-OH is 1. The Balaban J connectivity index is 2.37. The molecule has 0 amide bonds. The molecule has 0 radical (unpaired) electrons. The molecule has 15 heavy (non-hydrogen) atoms. The van der Waals surface area contributed by atoms with Crippen LogP contribution in [0.2, 0.25) is 5.02 Å². The van der Waals surface area contributed by atoms with Crippen LogP contribution in [0, 0.1) is 0 Å². The van der Waals surface area contributed by atoms with Crippen molar-refractivity contribution in [2.45, 2.75) is 6.10 Å². The molecule has 1 aromatic carbocycles. The first kappa shape index (κ1) is 10.5. The molecule has 82 valence electrons. The lowest BCUT2D eigenvalue weighted by Gasteiger charge is -2.12. The number of hydrogen-bond acceptors (Lipinski definition) is 4. The quantitative estimate of drug-likeness (QED) is 0.821. The van der Waals surface area contributed by atoms with Crippen LogP contribution in [0.25, 0.3) is 0 Å². The molecule has 0 spiro atoms. The van der Waals surface area contributed by atoms with Gasteiger partial charge in [-0.15, -0.1) is 0 Å². The van der Waals surface area contributed by atoms with E-state index in [0.717, 1.165) is 0 Å². The van der Waals surface area contributed by atoms with Gasteiger partial charge in [-0.05, 0) is 13.1 Å². The Labute approximate surface area is 92.8 Å². The molecule has 1 heterocycles. The maximum atomic E-state index is 9.83. The van der Waals surface area contributed by atoms with Crippen molar-refractivity contribution < 1.29 is 14.6 Å². The van der Waals surface area contributed by atoms with E-state index in [1.165, 1.54) is 0 Å². The number of rotatable bonds is 3. The van der Waals surface area contributed by atoms with Crippen molar-refractivity contribution in [3.05, 3.63) is 22.7 Å². The average Bonchev–Trinajstić information content (AvgIpc) is 2.68.